The summed E-state index contributed by atoms with van der Waals surface area (Å²) in [6.45, 7) is 0.192. The molecule has 0 N–H and O–H groups in total. The summed E-state index contributed by atoms with van der Waals surface area (Å²) in [6, 6.07) is 18.2. The van der Waals surface area contributed by atoms with Crippen molar-refractivity contribution in [2.45, 2.75) is 30.9 Å². The highest BCUT2D eigenvalue weighted by atomic mass is 32.2. The zero-order valence-electron chi connectivity index (χ0n) is 16.3. The SMILES string of the molecule is N#CC1=C(SCc2ccccc2)N=C2CCCC(=O)[C@@H]2[C@H]1c1ccc2c(c1)OCO2. The van der Waals surface area contributed by atoms with Gasteiger partial charge in [0.05, 0.1) is 17.6 Å². The number of rotatable bonds is 4. The number of hydrogen-bond donors (Lipinski definition) is 0. The molecule has 2 heterocycles. The first kappa shape index (κ1) is 19.0. The molecule has 0 spiro atoms. The van der Waals surface area contributed by atoms with Crippen LogP contribution in [0.3, 0.4) is 0 Å². The van der Waals surface area contributed by atoms with Crippen LogP contribution in [0.25, 0.3) is 0 Å². The van der Waals surface area contributed by atoms with E-state index in [1.54, 1.807) is 11.8 Å². The molecule has 0 amide bonds. The lowest BCUT2D eigenvalue weighted by atomic mass is 9.70. The van der Waals surface area contributed by atoms with E-state index >= 15 is 0 Å². The van der Waals surface area contributed by atoms with Gasteiger partial charge in [-0.15, -0.1) is 11.8 Å². The largest absolute Gasteiger partial charge is 0.454 e. The number of ether oxygens (including phenoxy) is 2. The third kappa shape index (κ3) is 3.40. The topological polar surface area (TPSA) is 71.7 Å². The zero-order chi connectivity index (χ0) is 20.5. The van der Waals surface area contributed by atoms with E-state index in [1.807, 2.05) is 36.4 Å². The number of fused-ring (bicyclic) bond motifs is 2. The molecule has 6 heteroatoms. The monoisotopic (exact) mass is 416 g/mol. The fourth-order valence-corrected chi connectivity index (χ4v) is 5.36. The Morgan fingerprint density at radius 3 is 2.73 bits per heavy atom. The van der Waals surface area contributed by atoms with E-state index in [1.165, 1.54) is 5.56 Å². The standard InChI is InChI=1S/C24H20N2O3S/c25-12-17-22(16-9-10-20-21(11-16)29-14-28-20)23-18(7-4-8-19(23)27)26-24(17)30-13-15-5-2-1-3-6-15/h1-3,5-6,9-11,22-23H,4,7-8,13-14H2/t22-,23+/m0/s1. The van der Waals surface area contributed by atoms with Crippen LogP contribution in [0.1, 0.15) is 36.3 Å². The van der Waals surface area contributed by atoms with Crippen LogP contribution in [0.5, 0.6) is 11.5 Å². The Balaban J connectivity index is 1.56. The molecule has 2 aromatic carbocycles. The Kier molecular flexibility index (Phi) is 5.06. The number of allylic oxidation sites excluding steroid dienone is 1. The van der Waals surface area contributed by atoms with Gasteiger partial charge in [0.2, 0.25) is 6.79 Å². The van der Waals surface area contributed by atoms with Crippen LogP contribution in [0.4, 0.5) is 0 Å². The number of nitrogens with zero attached hydrogens (tertiary/aromatic N) is 2. The molecule has 2 aliphatic heterocycles. The van der Waals surface area contributed by atoms with Crippen LogP contribution < -0.4 is 9.47 Å². The number of aliphatic imine (C=N–C) groups is 1. The van der Waals surface area contributed by atoms with E-state index in [4.69, 9.17) is 14.5 Å². The Hall–Kier alpha value is -3.04. The molecule has 0 bridgehead atoms. The molecule has 3 aliphatic rings. The lowest BCUT2D eigenvalue weighted by molar-refractivity contribution is -0.121. The second-order valence-electron chi connectivity index (χ2n) is 7.60. The van der Waals surface area contributed by atoms with Gasteiger partial charge in [-0.1, -0.05) is 36.4 Å². The zero-order valence-corrected chi connectivity index (χ0v) is 17.2. The predicted octanol–water partition coefficient (Wildman–Crippen LogP) is 4.99. The average Bonchev–Trinajstić information content (AvgIpc) is 3.25. The lowest BCUT2D eigenvalue weighted by Gasteiger charge is -2.34. The Bertz CT molecular complexity index is 1100. The Labute approximate surface area is 179 Å². The van der Waals surface area contributed by atoms with E-state index in [-0.39, 0.29) is 24.4 Å². The van der Waals surface area contributed by atoms with Gasteiger partial charge < -0.3 is 9.47 Å². The molecular formula is C24H20N2O3S. The molecule has 5 rings (SSSR count). The highest BCUT2D eigenvalue weighted by molar-refractivity contribution is 8.02. The molecule has 2 atom stereocenters. The van der Waals surface area contributed by atoms with Gasteiger partial charge in [0, 0.05) is 23.8 Å². The van der Waals surface area contributed by atoms with Gasteiger partial charge >= 0.3 is 0 Å². The fourth-order valence-electron chi connectivity index (χ4n) is 4.35. The van der Waals surface area contributed by atoms with Gasteiger partial charge in [-0.3, -0.25) is 4.79 Å². The van der Waals surface area contributed by atoms with Crippen molar-refractivity contribution >= 4 is 23.3 Å². The molecule has 2 aromatic rings. The Morgan fingerprint density at radius 1 is 1.07 bits per heavy atom. The average molecular weight is 417 g/mol. The van der Waals surface area contributed by atoms with Gasteiger partial charge in [0.25, 0.3) is 0 Å². The summed E-state index contributed by atoms with van der Waals surface area (Å²) in [5.41, 5.74) is 3.55. The Morgan fingerprint density at radius 2 is 1.90 bits per heavy atom. The molecule has 1 fully saturated rings. The maximum atomic E-state index is 12.9. The van der Waals surface area contributed by atoms with Gasteiger partial charge in [-0.2, -0.15) is 5.26 Å². The molecular weight excluding hydrogens is 396 g/mol. The highest BCUT2D eigenvalue weighted by Crippen LogP contribution is 2.47. The summed E-state index contributed by atoms with van der Waals surface area (Å²) >= 11 is 1.57. The second kappa shape index (κ2) is 8.00. The number of nitriles is 1. The number of carbonyl (C=O) groups is 1. The summed E-state index contributed by atoms with van der Waals surface area (Å²) < 4.78 is 11.0. The van der Waals surface area contributed by atoms with Crippen molar-refractivity contribution in [3.63, 3.8) is 0 Å². The minimum absolute atomic E-state index is 0.169. The molecule has 150 valence electrons. The van der Waals surface area contributed by atoms with E-state index in [2.05, 4.69) is 18.2 Å². The van der Waals surface area contributed by atoms with E-state index in [0.29, 0.717) is 23.5 Å². The van der Waals surface area contributed by atoms with Crippen LogP contribution in [0.2, 0.25) is 0 Å². The first-order valence-electron chi connectivity index (χ1n) is 10.1. The lowest BCUT2D eigenvalue weighted by Crippen LogP contribution is -2.37. The number of Topliss-reactive ketones (excluding diaryl/α,β-unsaturated/α-hetero) is 1. The molecule has 5 nitrogen and oxygen atoms in total. The van der Waals surface area contributed by atoms with Gasteiger partial charge in [0.15, 0.2) is 11.5 Å². The van der Waals surface area contributed by atoms with Crippen molar-refractivity contribution in [3.8, 4) is 17.6 Å². The molecule has 1 saturated carbocycles. The van der Waals surface area contributed by atoms with Crippen LogP contribution in [-0.4, -0.2) is 18.3 Å². The molecule has 0 unspecified atom stereocenters. The van der Waals surface area contributed by atoms with Crippen molar-refractivity contribution < 1.29 is 14.3 Å². The summed E-state index contributed by atoms with van der Waals surface area (Å²) in [5.74, 6) is 1.56. The van der Waals surface area contributed by atoms with Gasteiger partial charge in [-0.25, -0.2) is 4.99 Å². The molecule has 0 radical (unpaired) electrons. The second-order valence-corrected chi connectivity index (χ2v) is 8.56. The normalized spacial score (nSPS) is 22.4. The third-order valence-corrected chi connectivity index (χ3v) is 6.84. The van der Waals surface area contributed by atoms with Crippen molar-refractivity contribution in [2.75, 3.05) is 6.79 Å². The third-order valence-electron chi connectivity index (χ3n) is 5.78. The maximum absolute atomic E-state index is 12.9. The first-order valence-corrected chi connectivity index (χ1v) is 11.0. The summed E-state index contributed by atoms with van der Waals surface area (Å²) in [5, 5.41) is 10.8. The summed E-state index contributed by atoms with van der Waals surface area (Å²) in [4.78, 5) is 17.7. The molecule has 1 aliphatic carbocycles. The summed E-state index contributed by atoms with van der Waals surface area (Å²) in [6.07, 6.45) is 2.15. The van der Waals surface area contributed by atoms with E-state index in [9.17, 15) is 10.1 Å². The number of hydrogen-bond acceptors (Lipinski definition) is 6. The van der Waals surface area contributed by atoms with Gasteiger partial charge in [0.1, 0.15) is 10.8 Å². The number of benzene rings is 2. The van der Waals surface area contributed by atoms with E-state index in [0.717, 1.165) is 34.9 Å². The predicted molar refractivity (Wildman–Crippen MR) is 115 cm³/mol. The molecule has 30 heavy (non-hydrogen) atoms. The first-order chi connectivity index (χ1) is 14.7. The number of carbonyl (C=O) groups excluding carboxylic acids is 1. The number of thioether (sulfide) groups is 1. The van der Waals surface area contributed by atoms with Gasteiger partial charge in [-0.05, 0) is 36.1 Å². The van der Waals surface area contributed by atoms with E-state index < -0.39 is 0 Å². The van der Waals surface area contributed by atoms with Crippen LogP contribution in [0, 0.1) is 17.2 Å². The van der Waals surface area contributed by atoms with Crippen molar-refractivity contribution in [1.82, 2.24) is 0 Å². The van der Waals surface area contributed by atoms with Crippen LogP contribution in [0.15, 0.2) is 64.1 Å². The van der Waals surface area contributed by atoms with Crippen LogP contribution in [-0.2, 0) is 10.5 Å². The quantitative estimate of drug-likeness (QED) is 0.702. The maximum Gasteiger partial charge on any atom is 0.231 e. The smallest absolute Gasteiger partial charge is 0.231 e. The minimum Gasteiger partial charge on any atom is -0.454 e. The molecule has 0 saturated heterocycles. The molecule has 0 aromatic heterocycles. The highest BCUT2D eigenvalue weighted by Gasteiger charge is 2.42. The minimum atomic E-state index is -0.366. The fraction of sp³-hybridized carbons (Fsp3) is 0.292. The number of ketones is 1. The van der Waals surface area contributed by atoms with Crippen LogP contribution >= 0.6 is 11.8 Å². The van der Waals surface area contributed by atoms with Crippen molar-refractivity contribution in [3.05, 3.63) is 70.3 Å². The van der Waals surface area contributed by atoms with Crippen molar-refractivity contribution in [1.29, 1.82) is 5.26 Å². The summed E-state index contributed by atoms with van der Waals surface area (Å²) in [7, 11) is 0. The van der Waals surface area contributed by atoms with Crippen molar-refractivity contribution in [2.24, 2.45) is 10.9 Å².